The van der Waals surface area contributed by atoms with Crippen LogP contribution in [0.15, 0.2) is 104 Å². The number of aromatic nitrogens is 5. The van der Waals surface area contributed by atoms with Crippen molar-refractivity contribution in [3.05, 3.63) is 126 Å². The van der Waals surface area contributed by atoms with Crippen LogP contribution in [-0.4, -0.2) is 42.0 Å². The van der Waals surface area contributed by atoms with Crippen molar-refractivity contribution in [2.24, 2.45) is 7.05 Å². The van der Waals surface area contributed by atoms with E-state index in [1.807, 2.05) is 53.0 Å². The molecule has 0 radical (unpaired) electrons. The highest BCUT2D eigenvalue weighted by atomic mass is 16.2. The van der Waals surface area contributed by atoms with Crippen LogP contribution in [0.25, 0.3) is 45.0 Å². The number of benzene rings is 3. The zero-order chi connectivity index (χ0) is 31.6. The molecule has 3 aromatic carbocycles. The topological polar surface area (TPSA) is 88.8 Å². The Kier molecular flexibility index (Phi) is 7.84. The molecule has 0 aliphatic carbocycles. The first-order valence-electron chi connectivity index (χ1n) is 15.6. The highest BCUT2D eigenvalue weighted by Gasteiger charge is 2.27. The number of imidazole rings is 1. The molecule has 228 valence electrons. The van der Waals surface area contributed by atoms with Crippen molar-refractivity contribution in [3.8, 4) is 45.0 Å². The Morgan fingerprint density at radius 1 is 0.913 bits per heavy atom. The summed E-state index contributed by atoms with van der Waals surface area (Å²) in [7, 11) is 1.97. The molecule has 0 atom stereocenters. The molecule has 8 nitrogen and oxygen atoms in total. The number of hydrogen-bond acceptors (Lipinski definition) is 5. The normalized spacial score (nSPS) is 12.5. The van der Waals surface area contributed by atoms with Crippen molar-refractivity contribution in [2.45, 2.75) is 33.2 Å². The van der Waals surface area contributed by atoms with E-state index in [-0.39, 0.29) is 6.03 Å². The molecule has 7 rings (SSSR count). The molecule has 8 heteroatoms. The average molecular weight is 606 g/mol. The molecule has 2 amide bonds. The Morgan fingerprint density at radius 2 is 1.74 bits per heavy atom. The van der Waals surface area contributed by atoms with Crippen molar-refractivity contribution < 1.29 is 4.79 Å². The fourth-order valence-electron chi connectivity index (χ4n) is 6.01. The van der Waals surface area contributed by atoms with Gasteiger partial charge in [0.2, 0.25) is 0 Å². The summed E-state index contributed by atoms with van der Waals surface area (Å²) in [5, 5.41) is 3.20. The number of aryl methyl sites for hydroxylation is 3. The monoisotopic (exact) mass is 605 g/mol. The predicted molar refractivity (Wildman–Crippen MR) is 182 cm³/mol. The lowest BCUT2D eigenvalue weighted by molar-refractivity contribution is 0.206. The van der Waals surface area contributed by atoms with Crippen LogP contribution in [0.2, 0.25) is 0 Å². The molecule has 1 aliphatic heterocycles. The Hall–Kier alpha value is -5.63. The van der Waals surface area contributed by atoms with Crippen LogP contribution >= 0.6 is 0 Å². The Balaban J connectivity index is 1.16. The summed E-state index contributed by atoms with van der Waals surface area (Å²) in [6, 6.07) is 26.7. The fourth-order valence-corrected chi connectivity index (χ4v) is 6.01. The van der Waals surface area contributed by atoms with E-state index in [0.29, 0.717) is 25.3 Å². The van der Waals surface area contributed by atoms with Gasteiger partial charge in [-0.2, -0.15) is 0 Å². The summed E-state index contributed by atoms with van der Waals surface area (Å²) < 4.78 is 1.94. The van der Waals surface area contributed by atoms with E-state index in [1.54, 1.807) is 18.7 Å². The fraction of sp³-hybridized carbons (Fsp3) is 0.184. The van der Waals surface area contributed by atoms with Gasteiger partial charge in [0.25, 0.3) is 0 Å². The summed E-state index contributed by atoms with van der Waals surface area (Å²) in [6.45, 7) is 5.20. The summed E-state index contributed by atoms with van der Waals surface area (Å²) >= 11 is 0. The molecule has 0 bridgehead atoms. The average Bonchev–Trinajstić information content (AvgIpc) is 3.54. The zero-order valence-corrected chi connectivity index (χ0v) is 26.2. The van der Waals surface area contributed by atoms with Gasteiger partial charge < -0.3 is 14.8 Å². The number of nitrogens with one attached hydrogen (secondary N) is 1. The molecule has 3 aromatic heterocycles. The van der Waals surface area contributed by atoms with Crippen LogP contribution < -0.4 is 5.32 Å². The maximum absolute atomic E-state index is 13.8. The number of urea groups is 1. The molecule has 0 spiro atoms. The second kappa shape index (κ2) is 12.4. The first-order valence-corrected chi connectivity index (χ1v) is 15.6. The van der Waals surface area contributed by atoms with Gasteiger partial charge in [-0.25, -0.2) is 19.7 Å². The molecule has 6 aromatic rings. The Morgan fingerprint density at radius 3 is 2.48 bits per heavy atom. The summed E-state index contributed by atoms with van der Waals surface area (Å²) in [5.74, 6) is 0.653. The minimum Gasteiger partial charge on any atom is -0.340 e. The maximum atomic E-state index is 13.8. The summed E-state index contributed by atoms with van der Waals surface area (Å²) in [6.07, 6.45) is 8.85. The zero-order valence-electron chi connectivity index (χ0n) is 26.2. The highest BCUT2D eigenvalue weighted by molar-refractivity contribution is 5.91. The maximum Gasteiger partial charge on any atom is 0.322 e. The lowest BCUT2D eigenvalue weighted by Crippen LogP contribution is -2.39. The molecule has 1 aliphatic rings. The van der Waals surface area contributed by atoms with Gasteiger partial charge in [-0.1, -0.05) is 61.5 Å². The van der Waals surface area contributed by atoms with Crippen LogP contribution in [0.4, 0.5) is 10.5 Å². The molecular formula is C38H35N7O. The van der Waals surface area contributed by atoms with Crippen molar-refractivity contribution in [1.29, 1.82) is 0 Å². The molecular weight excluding hydrogens is 570 g/mol. The third-order valence-electron chi connectivity index (χ3n) is 8.54. The second-order valence-electron chi connectivity index (χ2n) is 11.8. The van der Waals surface area contributed by atoms with E-state index in [4.69, 9.17) is 9.97 Å². The van der Waals surface area contributed by atoms with Crippen molar-refractivity contribution in [2.75, 3.05) is 11.9 Å². The van der Waals surface area contributed by atoms with Gasteiger partial charge in [0.15, 0.2) is 5.82 Å². The number of carbonyl (C=O) groups is 1. The van der Waals surface area contributed by atoms with E-state index in [0.717, 1.165) is 73.7 Å². The first kappa shape index (κ1) is 29.1. The van der Waals surface area contributed by atoms with E-state index in [2.05, 4.69) is 77.7 Å². The molecule has 4 heterocycles. The molecule has 46 heavy (non-hydrogen) atoms. The van der Waals surface area contributed by atoms with Crippen LogP contribution in [0.1, 0.15) is 29.3 Å². The van der Waals surface area contributed by atoms with Crippen LogP contribution in [-0.2, 0) is 26.4 Å². The van der Waals surface area contributed by atoms with Gasteiger partial charge in [0.1, 0.15) is 0 Å². The molecule has 0 saturated heterocycles. The lowest BCUT2D eigenvalue weighted by atomic mass is 9.96. The number of rotatable bonds is 6. The minimum atomic E-state index is -0.137. The third-order valence-corrected chi connectivity index (χ3v) is 8.54. The van der Waals surface area contributed by atoms with Crippen LogP contribution in [0.5, 0.6) is 0 Å². The standard InChI is InChI=1S/C38H35N7O/c1-4-26-18-30(27-11-13-28(14-12-27)35-23-44(3)24-40-35)20-31(19-26)41-38(46)45-17-15-34-33(22-45)36(32-10-6-5-8-25(32)2)43-37(42-34)29-9-7-16-39-21-29/h5-14,16,18-21,23-24H,4,15,17,22H2,1-3H3,(H,41,46). The predicted octanol–water partition coefficient (Wildman–Crippen LogP) is 7.73. The second-order valence-corrected chi connectivity index (χ2v) is 11.8. The SMILES string of the molecule is CCc1cc(NC(=O)N2CCc3nc(-c4cccnc4)nc(-c4ccccc4C)c3C2)cc(-c2ccc(-c3cn(C)cn3)cc2)c1. The largest absolute Gasteiger partial charge is 0.340 e. The lowest BCUT2D eigenvalue weighted by Gasteiger charge is -2.30. The van der Waals surface area contributed by atoms with Gasteiger partial charge in [-0.3, -0.25) is 4.98 Å². The Labute approximate surface area is 268 Å². The first-order chi connectivity index (χ1) is 22.4. The van der Waals surface area contributed by atoms with Gasteiger partial charge >= 0.3 is 6.03 Å². The summed E-state index contributed by atoms with van der Waals surface area (Å²) in [4.78, 5) is 34.4. The molecule has 0 fully saturated rings. The minimum absolute atomic E-state index is 0.137. The van der Waals surface area contributed by atoms with Gasteiger partial charge in [0, 0.05) is 66.5 Å². The van der Waals surface area contributed by atoms with Crippen molar-refractivity contribution >= 4 is 11.7 Å². The van der Waals surface area contributed by atoms with E-state index < -0.39 is 0 Å². The number of anilines is 1. The van der Waals surface area contributed by atoms with E-state index >= 15 is 0 Å². The van der Waals surface area contributed by atoms with Crippen LogP contribution in [0, 0.1) is 6.92 Å². The Bertz CT molecular complexity index is 2030. The van der Waals surface area contributed by atoms with E-state index in [1.165, 1.54) is 0 Å². The smallest absolute Gasteiger partial charge is 0.322 e. The van der Waals surface area contributed by atoms with Gasteiger partial charge in [0.05, 0.1) is 30.0 Å². The molecule has 1 N–H and O–H groups in total. The molecule has 0 unspecified atom stereocenters. The van der Waals surface area contributed by atoms with Gasteiger partial charge in [-0.15, -0.1) is 0 Å². The number of hydrogen-bond donors (Lipinski definition) is 1. The van der Waals surface area contributed by atoms with Crippen molar-refractivity contribution in [1.82, 2.24) is 29.4 Å². The number of pyridine rings is 1. The number of amides is 2. The van der Waals surface area contributed by atoms with Gasteiger partial charge in [-0.05, 0) is 59.9 Å². The number of carbonyl (C=O) groups excluding carboxylic acids is 1. The number of fused-ring (bicyclic) bond motifs is 1. The van der Waals surface area contributed by atoms with Crippen molar-refractivity contribution in [3.63, 3.8) is 0 Å². The number of nitrogens with zero attached hydrogens (tertiary/aromatic N) is 6. The third kappa shape index (κ3) is 5.89. The van der Waals surface area contributed by atoms with E-state index in [9.17, 15) is 4.79 Å². The summed E-state index contributed by atoms with van der Waals surface area (Å²) in [5.41, 5.74) is 12.0. The molecule has 0 saturated carbocycles. The quantitative estimate of drug-likeness (QED) is 0.210. The highest BCUT2D eigenvalue weighted by Crippen LogP contribution is 2.33. The van der Waals surface area contributed by atoms with Crippen LogP contribution in [0.3, 0.4) is 0 Å².